The SMILES string of the molecule is COOCc1cc([N+](=O)[O-])ccc1C(C(C)=O)C(C)=O. The number of nitro benzene ring substituents is 1. The summed E-state index contributed by atoms with van der Waals surface area (Å²) in [7, 11) is 1.30. The van der Waals surface area contributed by atoms with E-state index in [1.165, 1.54) is 39.2 Å². The fraction of sp³-hybridized carbons (Fsp3) is 0.385. The summed E-state index contributed by atoms with van der Waals surface area (Å²) in [5.41, 5.74) is 0.624. The molecule has 0 saturated carbocycles. The highest BCUT2D eigenvalue weighted by Gasteiger charge is 2.26. The third kappa shape index (κ3) is 3.69. The van der Waals surface area contributed by atoms with Gasteiger partial charge in [0.05, 0.1) is 12.0 Å². The predicted molar refractivity (Wildman–Crippen MR) is 69.0 cm³/mol. The molecule has 0 unspecified atom stereocenters. The number of ketones is 2. The molecule has 0 radical (unpaired) electrons. The minimum Gasteiger partial charge on any atom is -0.299 e. The molecule has 0 aliphatic rings. The van der Waals surface area contributed by atoms with E-state index in [1.807, 2.05) is 0 Å². The summed E-state index contributed by atoms with van der Waals surface area (Å²) >= 11 is 0. The van der Waals surface area contributed by atoms with Gasteiger partial charge >= 0.3 is 0 Å². The minimum absolute atomic E-state index is 0.0927. The zero-order chi connectivity index (χ0) is 15.3. The van der Waals surface area contributed by atoms with E-state index in [1.54, 1.807) is 0 Å². The van der Waals surface area contributed by atoms with Crippen molar-refractivity contribution in [1.82, 2.24) is 0 Å². The molecule has 0 atom stereocenters. The zero-order valence-electron chi connectivity index (χ0n) is 11.4. The highest BCUT2D eigenvalue weighted by Crippen LogP contribution is 2.27. The molecule has 20 heavy (non-hydrogen) atoms. The van der Waals surface area contributed by atoms with Crippen molar-refractivity contribution in [1.29, 1.82) is 0 Å². The Morgan fingerprint density at radius 1 is 1.30 bits per heavy atom. The van der Waals surface area contributed by atoms with Gasteiger partial charge in [-0.15, -0.1) is 0 Å². The Morgan fingerprint density at radius 2 is 1.90 bits per heavy atom. The number of Topliss-reactive ketones (excluding diaryl/α,β-unsaturated/α-hetero) is 2. The van der Waals surface area contributed by atoms with Crippen LogP contribution in [0.15, 0.2) is 18.2 Å². The van der Waals surface area contributed by atoms with Crippen LogP contribution < -0.4 is 0 Å². The monoisotopic (exact) mass is 281 g/mol. The number of carbonyl (C=O) groups is 2. The third-order valence-corrected chi connectivity index (χ3v) is 2.79. The third-order valence-electron chi connectivity index (χ3n) is 2.79. The molecule has 7 heteroatoms. The lowest BCUT2D eigenvalue weighted by Gasteiger charge is -2.15. The fourth-order valence-electron chi connectivity index (χ4n) is 1.96. The first-order valence-corrected chi connectivity index (χ1v) is 5.82. The van der Waals surface area contributed by atoms with Gasteiger partial charge in [0.25, 0.3) is 5.69 Å². The number of rotatable bonds is 7. The van der Waals surface area contributed by atoms with Crippen LogP contribution in [0.4, 0.5) is 5.69 Å². The van der Waals surface area contributed by atoms with E-state index in [4.69, 9.17) is 4.89 Å². The minimum atomic E-state index is -0.953. The van der Waals surface area contributed by atoms with Crippen molar-refractivity contribution < 1.29 is 24.3 Å². The fourth-order valence-corrected chi connectivity index (χ4v) is 1.96. The van der Waals surface area contributed by atoms with Gasteiger partial charge in [0.2, 0.25) is 0 Å². The number of hydrogen-bond acceptors (Lipinski definition) is 6. The van der Waals surface area contributed by atoms with Gasteiger partial charge < -0.3 is 0 Å². The molecule has 0 bridgehead atoms. The Morgan fingerprint density at radius 3 is 2.35 bits per heavy atom. The Balaban J connectivity index is 3.32. The van der Waals surface area contributed by atoms with Crippen LogP contribution >= 0.6 is 0 Å². The molecule has 1 rings (SSSR count). The summed E-state index contributed by atoms with van der Waals surface area (Å²) in [4.78, 5) is 42.6. The summed E-state index contributed by atoms with van der Waals surface area (Å²) in [6, 6.07) is 3.93. The van der Waals surface area contributed by atoms with Crippen LogP contribution in [-0.4, -0.2) is 23.6 Å². The van der Waals surface area contributed by atoms with Crippen LogP contribution in [0.3, 0.4) is 0 Å². The van der Waals surface area contributed by atoms with Crippen molar-refractivity contribution >= 4 is 17.3 Å². The highest BCUT2D eigenvalue weighted by atomic mass is 17.2. The molecule has 0 spiro atoms. The predicted octanol–water partition coefficient (Wildman–Crippen LogP) is 1.93. The van der Waals surface area contributed by atoms with E-state index < -0.39 is 10.8 Å². The lowest BCUT2D eigenvalue weighted by atomic mass is 9.88. The van der Waals surface area contributed by atoms with Gasteiger partial charge in [-0.3, -0.25) is 19.7 Å². The number of benzene rings is 1. The Labute approximate surface area is 115 Å². The maximum Gasteiger partial charge on any atom is 0.269 e. The van der Waals surface area contributed by atoms with Crippen molar-refractivity contribution in [2.24, 2.45) is 0 Å². The van der Waals surface area contributed by atoms with Gasteiger partial charge in [0, 0.05) is 12.1 Å². The first kappa shape index (κ1) is 15.9. The normalized spacial score (nSPS) is 10.6. The van der Waals surface area contributed by atoms with Crippen molar-refractivity contribution in [2.45, 2.75) is 26.4 Å². The molecule has 0 heterocycles. The average molecular weight is 281 g/mol. The summed E-state index contributed by atoms with van der Waals surface area (Å²) in [6.07, 6.45) is 0. The van der Waals surface area contributed by atoms with E-state index in [9.17, 15) is 19.7 Å². The second kappa shape index (κ2) is 6.88. The summed E-state index contributed by atoms with van der Waals surface area (Å²) in [5.74, 6) is -1.61. The van der Waals surface area contributed by atoms with Crippen LogP contribution in [0.1, 0.15) is 30.9 Å². The molecule has 108 valence electrons. The van der Waals surface area contributed by atoms with E-state index in [-0.39, 0.29) is 23.9 Å². The lowest BCUT2D eigenvalue weighted by molar-refractivity contribution is -0.385. The van der Waals surface area contributed by atoms with Crippen molar-refractivity contribution in [3.63, 3.8) is 0 Å². The van der Waals surface area contributed by atoms with Gasteiger partial charge in [-0.05, 0) is 25.0 Å². The van der Waals surface area contributed by atoms with Crippen molar-refractivity contribution in [2.75, 3.05) is 7.11 Å². The first-order valence-electron chi connectivity index (χ1n) is 5.82. The van der Waals surface area contributed by atoms with E-state index in [0.717, 1.165) is 0 Å². The van der Waals surface area contributed by atoms with Gasteiger partial charge in [-0.2, -0.15) is 0 Å². The number of carbonyl (C=O) groups excluding carboxylic acids is 2. The maximum absolute atomic E-state index is 11.6. The topological polar surface area (TPSA) is 95.7 Å². The average Bonchev–Trinajstić information content (AvgIpc) is 2.36. The van der Waals surface area contributed by atoms with Crippen LogP contribution in [-0.2, 0) is 26.0 Å². The first-order chi connectivity index (χ1) is 9.38. The Kier molecular flexibility index (Phi) is 5.48. The standard InChI is InChI=1S/C13H15NO6/c1-8(15)13(9(2)16)12-5-4-11(14(17)18)6-10(12)7-20-19-3/h4-6,13H,7H2,1-3H3. The molecule has 0 amide bonds. The van der Waals surface area contributed by atoms with E-state index >= 15 is 0 Å². The van der Waals surface area contributed by atoms with Crippen molar-refractivity contribution in [3.8, 4) is 0 Å². The summed E-state index contributed by atoms with van der Waals surface area (Å²) in [6.45, 7) is 2.51. The lowest BCUT2D eigenvalue weighted by Crippen LogP contribution is -2.19. The highest BCUT2D eigenvalue weighted by molar-refractivity contribution is 6.05. The van der Waals surface area contributed by atoms with Crippen molar-refractivity contribution in [3.05, 3.63) is 39.4 Å². The summed E-state index contributed by atoms with van der Waals surface area (Å²) in [5, 5.41) is 10.8. The molecule has 0 aliphatic carbocycles. The molecule has 7 nitrogen and oxygen atoms in total. The van der Waals surface area contributed by atoms with Crippen LogP contribution in [0.5, 0.6) is 0 Å². The molecule has 0 aliphatic heterocycles. The van der Waals surface area contributed by atoms with Crippen LogP contribution in [0, 0.1) is 10.1 Å². The molecule has 0 aromatic heterocycles. The van der Waals surface area contributed by atoms with Gasteiger partial charge in [-0.25, -0.2) is 9.78 Å². The number of nitrogens with zero attached hydrogens (tertiary/aromatic N) is 1. The van der Waals surface area contributed by atoms with E-state index in [2.05, 4.69) is 4.89 Å². The maximum atomic E-state index is 11.6. The molecule has 0 saturated heterocycles. The molecular weight excluding hydrogens is 266 g/mol. The molecule has 1 aromatic carbocycles. The van der Waals surface area contributed by atoms with Gasteiger partial charge in [-0.1, -0.05) is 6.07 Å². The van der Waals surface area contributed by atoms with Crippen LogP contribution in [0.25, 0.3) is 0 Å². The van der Waals surface area contributed by atoms with Gasteiger partial charge in [0.1, 0.15) is 24.1 Å². The number of nitro groups is 1. The van der Waals surface area contributed by atoms with Crippen LogP contribution in [0.2, 0.25) is 0 Å². The molecule has 1 aromatic rings. The smallest absolute Gasteiger partial charge is 0.269 e. The summed E-state index contributed by atoms with van der Waals surface area (Å²) < 4.78 is 0. The quantitative estimate of drug-likeness (QED) is 0.328. The van der Waals surface area contributed by atoms with Gasteiger partial charge in [0.15, 0.2) is 0 Å². The largest absolute Gasteiger partial charge is 0.299 e. The number of non-ortho nitro benzene ring substituents is 1. The second-order valence-corrected chi connectivity index (χ2v) is 4.22. The molecule has 0 N–H and O–H groups in total. The molecular formula is C13H15NO6. The second-order valence-electron chi connectivity index (χ2n) is 4.22. The molecule has 0 fully saturated rings. The Hall–Kier alpha value is -2.12. The number of hydrogen-bond donors (Lipinski definition) is 0. The Bertz CT molecular complexity index is 526. The zero-order valence-corrected chi connectivity index (χ0v) is 11.4. The van der Waals surface area contributed by atoms with E-state index in [0.29, 0.717) is 11.1 Å².